The van der Waals surface area contributed by atoms with E-state index in [9.17, 15) is 4.79 Å². The molecule has 3 heteroatoms. The predicted octanol–water partition coefficient (Wildman–Crippen LogP) is 2.88. The number of unbranched alkanes of at least 4 members (excludes halogenated alkanes) is 1. The Kier molecular flexibility index (Phi) is 5.96. The molecule has 0 aliphatic heterocycles. The maximum atomic E-state index is 12.0. The summed E-state index contributed by atoms with van der Waals surface area (Å²) in [7, 11) is 0. The van der Waals surface area contributed by atoms with Crippen molar-refractivity contribution in [3.63, 3.8) is 0 Å². The number of nitrogens with two attached hydrogens (primary N) is 1. The van der Waals surface area contributed by atoms with Gasteiger partial charge in [0.15, 0.2) is 0 Å². The lowest BCUT2D eigenvalue weighted by Crippen LogP contribution is -2.45. The van der Waals surface area contributed by atoms with E-state index in [1.807, 2.05) is 0 Å². The van der Waals surface area contributed by atoms with Crippen LogP contribution in [0.25, 0.3) is 0 Å². The van der Waals surface area contributed by atoms with E-state index in [2.05, 4.69) is 13.8 Å². The van der Waals surface area contributed by atoms with Crippen molar-refractivity contribution in [2.24, 2.45) is 17.1 Å². The summed E-state index contributed by atoms with van der Waals surface area (Å²) in [5, 5.41) is 0. The first-order valence-corrected chi connectivity index (χ1v) is 7.05. The molecule has 2 N–H and O–H groups in total. The number of esters is 1. The van der Waals surface area contributed by atoms with Crippen molar-refractivity contribution in [1.82, 2.24) is 0 Å². The summed E-state index contributed by atoms with van der Waals surface area (Å²) < 4.78 is 5.47. The minimum Gasteiger partial charge on any atom is -0.465 e. The van der Waals surface area contributed by atoms with Gasteiger partial charge in [0.05, 0.1) is 12.0 Å². The summed E-state index contributed by atoms with van der Waals surface area (Å²) >= 11 is 0. The van der Waals surface area contributed by atoms with Crippen LogP contribution < -0.4 is 5.73 Å². The Bertz CT molecular complexity index is 231. The Balaban J connectivity index is 2.30. The van der Waals surface area contributed by atoms with Gasteiger partial charge >= 0.3 is 5.97 Å². The molecule has 1 aliphatic rings. The van der Waals surface area contributed by atoms with Crippen molar-refractivity contribution in [3.05, 3.63) is 0 Å². The Hall–Kier alpha value is -0.570. The molecule has 0 spiro atoms. The van der Waals surface area contributed by atoms with Gasteiger partial charge in [-0.25, -0.2) is 0 Å². The lowest BCUT2D eigenvalue weighted by atomic mass is 9.69. The first kappa shape index (κ1) is 14.5. The van der Waals surface area contributed by atoms with Crippen LogP contribution in [0.4, 0.5) is 0 Å². The lowest BCUT2D eigenvalue weighted by Gasteiger charge is -2.38. The average Bonchev–Trinajstić information content (AvgIpc) is 2.28. The van der Waals surface area contributed by atoms with Crippen LogP contribution in [0.3, 0.4) is 0 Å². The molecule has 3 nitrogen and oxygen atoms in total. The Morgan fingerprint density at radius 3 is 2.53 bits per heavy atom. The predicted molar refractivity (Wildman–Crippen MR) is 69.6 cm³/mol. The number of carbonyl (C=O) groups excluding carboxylic acids is 1. The van der Waals surface area contributed by atoms with Gasteiger partial charge in [-0.3, -0.25) is 4.79 Å². The molecule has 1 saturated carbocycles. The molecule has 1 aliphatic carbocycles. The molecule has 1 rings (SSSR count). The van der Waals surface area contributed by atoms with Gasteiger partial charge in [-0.05, 0) is 25.2 Å². The van der Waals surface area contributed by atoms with Gasteiger partial charge in [-0.1, -0.05) is 39.5 Å². The average molecular weight is 241 g/mol. The number of rotatable bonds is 8. The molecule has 0 aromatic rings. The first-order chi connectivity index (χ1) is 8.18. The topological polar surface area (TPSA) is 52.3 Å². The molecule has 0 aromatic carbocycles. The molecule has 0 heterocycles. The van der Waals surface area contributed by atoms with E-state index in [1.54, 1.807) is 0 Å². The Morgan fingerprint density at radius 1 is 1.41 bits per heavy atom. The SMILES string of the molecule is CCCCC(CC)COC(=O)C1(CN)CCC1. The van der Waals surface area contributed by atoms with E-state index in [0.717, 1.165) is 32.1 Å². The van der Waals surface area contributed by atoms with Gasteiger partial charge in [-0.15, -0.1) is 0 Å². The summed E-state index contributed by atoms with van der Waals surface area (Å²) in [6.07, 6.45) is 7.61. The van der Waals surface area contributed by atoms with Gasteiger partial charge in [-0.2, -0.15) is 0 Å². The van der Waals surface area contributed by atoms with E-state index < -0.39 is 0 Å². The monoisotopic (exact) mass is 241 g/mol. The number of hydrogen-bond donors (Lipinski definition) is 1. The zero-order valence-electron chi connectivity index (χ0n) is 11.3. The van der Waals surface area contributed by atoms with Crippen LogP contribution in [-0.4, -0.2) is 19.1 Å². The van der Waals surface area contributed by atoms with Gasteiger partial charge in [0, 0.05) is 6.54 Å². The zero-order chi connectivity index (χ0) is 12.7. The summed E-state index contributed by atoms with van der Waals surface area (Å²) in [6, 6.07) is 0. The van der Waals surface area contributed by atoms with Crippen molar-refractivity contribution in [3.8, 4) is 0 Å². The quantitative estimate of drug-likeness (QED) is 0.665. The molecule has 1 atom stereocenters. The van der Waals surface area contributed by atoms with Crippen LogP contribution in [0.1, 0.15) is 58.8 Å². The minimum absolute atomic E-state index is 0.0544. The second-order valence-corrected chi connectivity index (χ2v) is 5.35. The number of ether oxygens (including phenoxy) is 1. The van der Waals surface area contributed by atoms with Crippen LogP contribution in [0.15, 0.2) is 0 Å². The van der Waals surface area contributed by atoms with E-state index >= 15 is 0 Å². The fourth-order valence-corrected chi connectivity index (χ4v) is 2.34. The Labute approximate surface area is 105 Å². The highest BCUT2D eigenvalue weighted by Gasteiger charge is 2.44. The zero-order valence-corrected chi connectivity index (χ0v) is 11.3. The maximum absolute atomic E-state index is 12.0. The molecule has 0 bridgehead atoms. The fraction of sp³-hybridized carbons (Fsp3) is 0.929. The molecule has 0 saturated heterocycles. The third-order valence-corrected chi connectivity index (χ3v) is 4.13. The summed E-state index contributed by atoms with van der Waals surface area (Å²) in [5.41, 5.74) is 5.36. The molecule has 100 valence electrons. The van der Waals surface area contributed by atoms with Crippen LogP contribution in [0.5, 0.6) is 0 Å². The van der Waals surface area contributed by atoms with Gasteiger partial charge in [0.25, 0.3) is 0 Å². The number of carbonyl (C=O) groups is 1. The molecule has 0 amide bonds. The van der Waals surface area contributed by atoms with Crippen molar-refractivity contribution in [2.75, 3.05) is 13.2 Å². The molecular weight excluding hydrogens is 214 g/mol. The highest BCUT2D eigenvalue weighted by Crippen LogP contribution is 2.41. The summed E-state index contributed by atoms with van der Waals surface area (Å²) in [5.74, 6) is 0.468. The normalized spacial score (nSPS) is 19.5. The fourth-order valence-electron chi connectivity index (χ4n) is 2.34. The third kappa shape index (κ3) is 3.70. The van der Waals surface area contributed by atoms with Crippen LogP contribution in [0.2, 0.25) is 0 Å². The van der Waals surface area contributed by atoms with Crippen molar-refractivity contribution < 1.29 is 9.53 Å². The van der Waals surface area contributed by atoms with Crippen LogP contribution >= 0.6 is 0 Å². The summed E-state index contributed by atoms with van der Waals surface area (Å²) in [4.78, 5) is 12.0. The van der Waals surface area contributed by atoms with Crippen molar-refractivity contribution >= 4 is 5.97 Å². The second-order valence-electron chi connectivity index (χ2n) is 5.35. The largest absolute Gasteiger partial charge is 0.465 e. The highest BCUT2D eigenvalue weighted by atomic mass is 16.5. The highest BCUT2D eigenvalue weighted by molar-refractivity contribution is 5.78. The number of hydrogen-bond acceptors (Lipinski definition) is 3. The standard InChI is InChI=1S/C14H27NO2/c1-3-5-7-12(4-2)10-17-13(16)14(11-15)8-6-9-14/h12H,3-11,15H2,1-2H3. The molecule has 0 radical (unpaired) electrons. The van der Waals surface area contributed by atoms with Crippen LogP contribution in [0, 0.1) is 11.3 Å². The van der Waals surface area contributed by atoms with Gasteiger partial charge < -0.3 is 10.5 Å². The molecule has 1 unspecified atom stereocenters. The van der Waals surface area contributed by atoms with Crippen molar-refractivity contribution in [2.45, 2.75) is 58.8 Å². The molecule has 17 heavy (non-hydrogen) atoms. The summed E-state index contributed by atoms with van der Waals surface area (Å²) in [6.45, 7) is 5.38. The minimum atomic E-state index is -0.330. The van der Waals surface area contributed by atoms with E-state index in [-0.39, 0.29) is 11.4 Å². The third-order valence-electron chi connectivity index (χ3n) is 4.13. The Morgan fingerprint density at radius 2 is 2.12 bits per heavy atom. The van der Waals surface area contributed by atoms with E-state index in [4.69, 9.17) is 10.5 Å². The second kappa shape index (κ2) is 7.00. The molecule has 0 aromatic heterocycles. The lowest BCUT2D eigenvalue weighted by molar-refractivity contribution is -0.162. The smallest absolute Gasteiger partial charge is 0.313 e. The maximum Gasteiger partial charge on any atom is 0.313 e. The van der Waals surface area contributed by atoms with E-state index in [0.29, 0.717) is 19.1 Å². The molecule has 1 fully saturated rings. The first-order valence-electron chi connectivity index (χ1n) is 7.05. The molecular formula is C14H27NO2. The van der Waals surface area contributed by atoms with Crippen LogP contribution in [-0.2, 0) is 9.53 Å². The van der Waals surface area contributed by atoms with E-state index in [1.165, 1.54) is 12.8 Å². The van der Waals surface area contributed by atoms with Gasteiger partial charge in [0.1, 0.15) is 0 Å². The van der Waals surface area contributed by atoms with Gasteiger partial charge in [0.2, 0.25) is 0 Å². The van der Waals surface area contributed by atoms with Crippen molar-refractivity contribution in [1.29, 1.82) is 0 Å².